The molecule has 0 saturated heterocycles. The number of amides is 1. The Morgan fingerprint density at radius 3 is 2.44 bits per heavy atom. The summed E-state index contributed by atoms with van der Waals surface area (Å²) in [6, 6.07) is 0. The molecule has 1 saturated carbocycles. The van der Waals surface area contributed by atoms with Gasteiger partial charge < -0.3 is 5.73 Å². The average molecular weight is 148 g/mol. The lowest BCUT2D eigenvalue weighted by atomic mass is 10.1. The SMILES string of the molecule is NC(=O)C1CCCC1Cl. The predicted molar refractivity (Wildman–Crippen MR) is 36.2 cm³/mol. The molecule has 0 aromatic carbocycles. The van der Waals surface area contributed by atoms with Crippen LogP contribution >= 0.6 is 11.6 Å². The first-order valence-electron chi connectivity index (χ1n) is 3.15. The van der Waals surface area contributed by atoms with Crippen LogP contribution in [0.3, 0.4) is 0 Å². The van der Waals surface area contributed by atoms with Crippen LogP contribution in [0.25, 0.3) is 0 Å². The van der Waals surface area contributed by atoms with Gasteiger partial charge in [-0.25, -0.2) is 0 Å². The Balaban J connectivity index is 2.49. The lowest BCUT2D eigenvalue weighted by Crippen LogP contribution is -2.26. The van der Waals surface area contributed by atoms with Crippen molar-refractivity contribution in [3.8, 4) is 0 Å². The van der Waals surface area contributed by atoms with Crippen molar-refractivity contribution in [2.24, 2.45) is 11.7 Å². The van der Waals surface area contributed by atoms with Crippen LogP contribution in [0.2, 0.25) is 0 Å². The number of alkyl halides is 1. The molecular formula is C6H10ClNO. The fraction of sp³-hybridized carbons (Fsp3) is 0.833. The number of nitrogens with two attached hydrogens (primary N) is 1. The van der Waals surface area contributed by atoms with Crippen molar-refractivity contribution in [1.29, 1.82) is 0 Å². The first-order chi connectivity index (χ1) is 4.22. The van der Waals surface area contributed by atoms with Crippen molar-refractivity contribution in [1.82, 2.24) is 0 Å². The van der Waals surface area contributed by atoms with Gasteiger partial charge in [0.05, 0.1) is 5.92 Å². The molecule has 1 aliphatic rings. The zero-order chi connectivity index (χ0) is 6.85. The van der Waals surface area contributed by atoms with E-state index in [4.69, 9.17) is 17.3 Å². The molecular weight excluding hydrogens is 138 g/mol. The monoisotopic (exact) mass is 147 g/mol. The van der Waals surface area contributed by atoms with E-state index in [1.54, 1.807) is 0 Å². The zero-order valence-corrected chi connectivity index (χ0v) is 5.90. The quantitative estimate of drug-likeness (QED) is 0.550. The fourth-order valence-electron chi connectivity index (χ4n) is 1.24. The van der Waals surface area contributed by atoms with E-state index in [0.29, 0.717) is 0 Å². The van der Waals surface area contributed by atoms with Gasteiger partial charge in [0.15, 0.2) is 0 Å². The molecule has 1 fully saturated rings. The molecule has 52 valence electrons. The second-order valence-corrected chi connectivity index (χ2v) is 3.02. The normalized spacial score (nSPS) is 34.8. The number of carbonyl (C=O) groups excluding carboxylic acids is 1. The Hall–Kier alpha value is -0.240. The zero-order valence-electron chi connectivity index (χ0n) is 5.14. The largest absolute Gasteiger partial charge is 0.369 e. The molecule has 2 unspecified atom stereocenters. The molecule has 0 bridgehead atoms. The van der Waals surface area contributed by atoms with Gasteiger partial charge in [-0.05, 0) is 12.8 Å². The maximum atomic E-state index is 10.5. The summed E-state index contributed by atoms with van der Waals surface area (Å²) in [4.78, 5) is 10.5. The van der Waals surface area contributed by atoms with E-state index in [0.717, 1.165) is 19.3 Å². The van der Waals surface area contributed by atoms with E-state index in [2.05, 4.69) is 0 Å². The lowest BCUT2D eigenvalue weighted by Gasteiger charge is -2.06. The minimum Gasteiger partial charge on any atom is -0.369 e. The van der Waals surface area contributed by atoms with Crippen LogP contribution in [0.15, 0.2) is 0 Å². The Kier molecular flexibility index (Phi) is 1.96. The Morgan fingerprint density at radius 2 is 2.22 bits per heavy atom. The molecule has 9 heavy (non-hydrogen) atoms. The first-order valence-corrected chi connectivity index (χ1v) is 3.59. The molecule has 0 spiro atoms. The van der Waals surface area contributed by atoms with Crippen molar-refractivity contribution in [2.75, 3.05) is 0 Å². The second kappa shape index (κ2) is 2.56. The van der Waals surface area contributed by atoms with Gasteiger partial charge in [-0.2, -0.15) is 0 Å². The average Bonchev–Trinajstić information content (AvgIpc) is 2.13. The van der Waals surface area contributed by atoms with Crippen molar-refractivity contribution in [3.63, 3.8) is 0 Å². The highest BCUT2D eigenvalue weighted by Crippen LogP contribution is 2.29. The third kappa shape index (κ3) is 1.36. The first kappa shape index (κ1) is 6.87. The number of halogens is 1. The minimum atomic E-state index is -0.243. The van der Waals surface area contributed by atoms with Gasteiger partial charge in [0.25, 0.3) is 0 Å². The molecule has 3 heteroatoms. The van der Waals surface area contributed by atoms with Crippen LogP contribution in [0.1, 0.15) is 19.3 Å². The summed E-state index contributed by atoms with van der Waals surface area (Å²) in [7, 11) is 0. The van der Waals surface area contributed by atoms with Crippen LogP contribution in [0.5, 0.6) is 0 Å². The molecule has 2 atom stereocenters. The second-order valence-electron chi connectivity index (χ2n) is 2.46. The topological polar surface area (TPSA) is 43.1 Å². The summed E-state index contributed by atoms with van der Waals surface area (Å²) in [5, 5.41) is 0.00231. The predicted octanol–water partition coefficient (Wildman–Crippen LogP) is 0.879. The molecule has 0 aromatic rings. The number of hydrogen-bond acceptors (Lipinski definition) is 1. The number of primary amides is 1. The van der Waals surface area contributed by atoms with E-state index in [1.807, 2.05) is 0 Å². The lowest BCUT2D eigenvalue weighted by molar-refractivity contribution is -0.121. The Morgan fingerprint density at radius 1 is 1.56 bits per heavy atom. The van der Waals surface area contributed by atoms with Gasteiger partial charge in [0.1, 0.15) is 0 Å². The minimum absolute atomic E-state index is 0.00231. The Labute approximate surface area is 59.4 Å². The standard InChI is InChI=1S/C6H10ClNO/c7-5-3-1-2-4(5)6(8)9/h4-5H,1-3H2,(H2,8,9). The molecule has 0 radical (unpaired) electrons. The maximum absolute atomic E-state index is 10.5. The van der Waals surface area contributed by atoms with Crippen LogP contribution in [-0.4, -0.2) is 11.3 Å². The molecule has 0 heterocycles. The van der Waals surface area contributed by atoms with Gasteiger partial charge in [0.2, 0.25) is 5.91 Å². The van der Waals surface area contributed by atoms with Crippen LogP contribution in [-0.2, 0) is 4.79 Å². The third-order valence-corrected chi connectivity index (χ3v) is 2.32. The van der Waals surface area contributed by atoms with E-state index >= 15 is 0 Å². The van der Waals surface area contributed by atoms with Gasteiger partial charge in [-0.1, -0.05) is 6.42 Å². The third-order valence-electron chi connectivity index (χ3n) is 1.80. The van der Waals surface area contributed by atoms with Gasteiger partial charge in [0, 0.05) is 5.38 Å². The molecule has 1 rings (SSSR count). The van der Waals surface area contributed by atoms with Crippen LogP contribution in [0.4, 0.5) is 0 Å². The molecule has 0 aliphatic heterocycles. The highest BCUT2D eigenvalue weighted by molar-refractivity contribution is 6.22. The van der Waals surface area contributed by atoms with Gasteiger partial charge >= 0.3 is 0 Å². The summed E-state index contributed by atoms with van der Waals surface area (Å²) < 4.78 is 0. The van der Waals surface area contributed by atoms with Crippen LogP contribution in [0, 0.1) is 5.92 Å². The van der Waals surface area contributed by atoms with Crippen molar-refractivity contribution in [2.45, 2.75) is 24.6 Å². The van der Waals surface area contributed by atoms with Gasteiger partial charge in [-0.15, -0.1) is 11.6 Å². The van der Waals surface area contributed by atoms with E-state index < -0.39 is 0 Å². The number of rotatable bonds is 1. The molecule has 0 aromatic heterocycles. The molecule has 2 N–H and O–H groups in total. The number of hydrogen-bond donors (Lipinski definition) is 1. The molecule has 1 aliphatic carbocycles. The maximum Gasteiger partial charge on any atom is 0.222 e. The summed E-state index contributed by atoms with van der Waals surface area (Å²) >= 11 is 5.77. The van der Waals surface area contributed by atoms with E-state index in [9.17, 15) is 4.79 Å². The van der Waals surface area contributed by atoms with Gasteiger partial charge in [-0.3, -0.25) is 4.79 Å². The summed E-state index contributed by atoms with van der Waals surface area (Å²) in [5.41, 5.74) is 5.06. The molecule has 1 amide bonds. The van der Waals surface area contributed by atoms with E-state index in [1.165, 1.54) is 0 Å². The molecule has 2 nitrogen and oxygen atoms in total. The summed E-state index contributed by atoms with van der Waals surface area (Å²) in [6.07, 6.45) is 2.86. The highest BCUT2D eigenvalue weighted by atomic mass is 35.5. The highest BCUT2D eigenvalue weighted by Gasteiger charge is 2.29. The van der Waals surface area contributed by atoms with Crippen molar-refractivity contribution in [3.05, 3.63) is 0 Å². The van der Waals surface area contributed by atoms with E-state index in [-0.39, 0.29) is 17.2 Å². The summed E-state index contributed by atoms with van der Waals surface area (Å²) in [5.74, 6) is -0.306. The van der Waals surface area contributed by atoms with Crippen molar-refractivity contribution >= 4 is 17.5 Å². The summed E-state index contributed by atoms with van der Waals surface area (Å²) in [6.45, 7) is 0. The smallest absolute Gasteiger partial charge is 0.222 e. The fourth-order valence-corrected chi connectivity index (χ4v) is 1.64. The van der Waals surface area contributed by atoms with Crippen LogP contribution < -0.4 is 5.73 Å². The van der Waals surface area contributed by atoms with Crippen molar-refractivity contribution < 1.29 is 4.79 Å². The Bertz CT molecular complexity index is 126. The number of carbonyl (C=O) groups is 1.